The van der Waals surface area contributed by atoms with Crippen LogP contribution in [0.4, 0.5) is 20.2 Å². The lowest BCUT2D eigenvalue weighted by atomic mass is 10.1. The van der Waals surface area contributed by atoms with E-state index in [1.807, 2.05) is 11.0 Å². The first-order valence-corrected chi connectivity index (χ1v) is 10.4. The molecule has 0 aromatic heterocycles. The maximum absolute atomic E-state index is 12.6. The van der Waals surface area contributed by atoms with Gasteiger partial charge >= 0.3 is 0 Å². The Hall–Kier alpha value is -2.61. The summed E-state index contributed by atoms with van der Waals surface area (Å²) in [6, 6.07) is 13.7. The van der Waals surface area contributed by atoms with Crippen LogP contribution in [-0.2, 0) is 4.79 Å². The van der Waals surface area contributed by atoms with Crippen molar-refractivity contribution >= 4 is 35.0 Å². The van der Waals surface area contributed by atoms with Crippen molar-refractivity contribution in [2.75, 3.05) is 25.0 Å². The maximum Gasteiger partial charge on any atom is 0.288 e. The number of likely N-dealkylation sites (tertiary alicyclic amines) is 1. The number of halogens is 2. The number of hydrogen-bond acceptors (Lipinski definition) is 4. The molecule has 0 saturated carbocycles. The first-order chi connectivity index (χ1) is 14.0. The van der Waals surface area contributed by atoms with Crippen LogP contribution in [0.1, 0.15) is 29.6 Å². The number of para-hydroxylation sites is 1. The predicted octanol–water partition coefficient (Wildman–Crippen LogP) is 4.49. The second-order valence-electron chi connectivity index (χ2n) is 6.67. The molecule has 1 heterocycles. The minimum atomic E-state index is -2.46. The summed E-state index contributed by atoms with van der Waals surface area (Å²) in [5.74, 6) is -2.48. The molecule has 5 nitrogen and oxygen atoms in total. The van der Waals surface area contributed by atoms with E-state index in [9.17, 15) is 18.4 Å². The molecule has 0 spiro atoms. The van der Waals surface area contributed by atoms with Gasteiger partial charge in [-0.15, -0.1) is 0 Å². The van der Waals surface area contributed by atoms with Gasteiger partial charge in [-0.1, -0.05) is 23.9 Å². The maximum atomic E-state index is 12.6. The highest BCUT2D eigenvalue weighted by molar-refractivity contribution is 7.99. The van der Waals surface area contributed by atoms with Crippen LogP contribution >= 0.6 is 11.8 Å². The quantitative estimate of drug-likeness (QED) is 0.465. The van der Waals surface area contributed by atoms with Gasteiger partial charge in [0.2, 0.25) is 5.91 Å². The van der Waals surface area contributed by atoms with Crippen LogP contribution in [0.15, 0.2) is 53.4 Å². The zero-order valence-electron chi connectivity index (χ0n) is 15.9. The molecule has 8 heteroatoms. The second kappa shape index (κ2) is 10.2. The Morgan fingerprint density at radius 3 is 2.59 bits per heavy atom. The Morgan fingerprint density at radius 2 is 1.90 bits per heavy atom. The molecule has 1 aliphatic heterocycles. The van der Waals surface area contributed by atoms with Crippen molar-refractivity contribution in [2.24, 2.45) is 0 Å². The van der Waals surface area contributed by atoms with Crippen LogP contribution in [0.2, 0.25) is 0 Å². The van der Waals surface area contributed by atoms with Crippen LogP contribution in [-0.4, -0.2) is 42.1 Å². The summed E-state index contributed by atoms with van der Waals surface area (Å²) in [5.41, 5.74) is 1.83. The third-order valence-corrected chi connectivity index (χ3v) is 5.31. The van der Waals surface area contributed by atoms with Gasteiger partial charge in [0.1, 0.15) is 0 Å². The standard InChI is InChI=1S/C21H23F2N3O2S/c22-21(23)29-16-10-8-15(9-11-16)25-18-6-2-1-5-17(18)20(28)24-12-4-14-26-13-3-7-19(26)27/h1-2,5-6,8-11,21,25H,3-4,7,12-14H2,(H,24,28). The number of nitrogens with zero attached hydrogens (tertiary/aromatic N) is 1. The normalized spacial score (nSPS) is 13.8. The van der Waals surface area contributed by atoms with Gasteiger partial charge in [-0.25, -0.2) is 0 Å². The Kier molecular flexibility index (Phi) is 7.46. The lowest BCUT2D eigenvalue weighted by molar-refractivity contribution is -0.127. The van der Waals surface area contributed by atoms with Crippen molar-refractivity contribution in [2.45, 2.75) is 29.9 Å². The highest BCUT2D eigenvalue weighted by Crippen LogP contribution is 2.27. The van der Waals surface area contributed by atoms with E-state index in [1.165, 1.54) is 0 Å². The molecule has 0 radical (unpaired) electrons. The third kappa shape index (κ3) is 6.19. The van der Waals surface area contributed by atoms with Crippen molar-refractivity contribution in [3.63, 3.8) is 0 Å². The smallest absolute Gasteiger partial charge is 0.288 e. The highest BCUT2D eigenvalue weighted by Gasteiger charge is 2.19. The Balaban J connectivity index is 1.55. The monoisotopic (exact) mass is 419 g/mol. The SMILES string of the molecule is O=C(NCCCN1CCCC1=O)c1ccccc1Nc1ccc(SC(F)F)cc1. The van der Waals surface area contributed by atoms with Crippen LogP contribution in [0, 0.1) is 0 Å². The van der Waals surface area contributed by atoms with Gasteiger partial charge in [0.15, 0.2) is 0 Å². The molecule has 0 bridgehead atoms. The topological polar surface area (TPSA) is 61.4 Å². The third-order valence-electron chi connectivity index (χ3n) is 4.59. The number of hydrogen-bond donors (Lipinski definition) is 2. The van der Waals surface area contributed by atoms with Gasteiger partial charge in [-0.2, -0.15) is 8.78 Å². The summed E-state index contributed by atoms with van der Waals surface area (Å²) < 4.78 is 24.9. The minimum Gasteiger partial charge on any atom is -0.355 e. The molecule has 1 saturated heterocycles. The molecular formula is C21H23F2N3O2S. The van der Waals surface area contributed by atoms with Crippen molar-refractivity contribution in [3.8, 4) is 0 Å². The van der Waals surface area contributed by atoms with Gasteiger partial charge in [0, 0.05) is 36.6 Å². The van der Waals surface area contributed by atoms with Gasteiger partial charge in [-0.3, -0.25) is 9.59 Å². The zero-order chi connectivity index (χ0) is 20.6. The van der Waals surface area contributed by atoms with Crippen molar-refractivity contribution in [1.82, 2.24) is 10.2 Å². The average molecular weight is 419 g/mol. The fraction of sp³-hybridized carbons (Fsp3) is 0.333. The molecule has 2 N–H and O–H groups in total. The van der Waals surface area contributed by atoms with Crippen molar-refractivity contribution in [3.05, 3.63) is 54.1 Å². The summed E-state index contributed by atoms with van der Waals surface area (Å²) >= 11 is 0.492. The summed E-state index contributed by atoms with van der Waals surface area (Å²) in [5, 5.41) is 6.06. The number of thioether (sulfide) groups is 1. The highest BCUT2D eigenvalue weighted by atomic mass is 32.2. The zero-order valence-corrected chi connectivity index (χ0v) is 16.7. The van der Waals surface area contributed by atoms with Crippen LogP contribution < -0.4 is 10.6 Å². The molecule has 154 valence electrons. The summed E-state index contributed by atoms with van der Waals surface area (Å²) in [4.78, 5) is 26.5. The van der Waals surface area contributed by atoms with Crippen LogP contribution in [0.5, 0.6) is 0 Å². The Labute approximate surface area is 172 Å². The molecule has 0 aliphatic carbocycles. The number of nitrogens with one attached hydrogen (secondary N) is 2. The first kappa shape index (κ1) is 21.1. The van der Waals surface area contributed by atoms with E-state index < -0.39 is 5.76 Å². The van der Waals surface area contributed by atoms with E-state index in [4.69, 9.17) is 0 Å². The number of carbonyl (C=O) groups excluding carboxylic acids is 2. The van der Waals surface area contributed by atoms with Crippen LogP contribution in [0.25, 0.3) is 0 Å². The lowest BCUT2D eigenvalue weighted by Gasteiger charge is -2.16. The fourth-order valence-corrected chi connectivity index (χ4v) is 3.67. The number of amides is 2. The van der Waals surface area contributed by atoms with Gasteiger partial charge in [0.25, 0.3) is 11.7 Å². The molecule has 0 atom stereocenters. The van der Waals surface area contributed by atoms with E-state index in [2.05, 4.69) is 10.6 Å². The summed E-state index contributed by atoms with van der Waals surface area (Å²) in [6.45, 7) is 1.94. The molecule has 0 unspecified atom stereocenters. The number of benzene rings is 2. The van der Waals surface area contributed by atoms with Crippen LogP contribution in [0.3, 0.4) is 0 Å². The van der Waals surface area contributed by atoms with E-state index in [0.29, 0.717) is 59.5 Å². The Morgan fingerprint density at radius 1 is 1.14 bits per heavy atom. The van der Waals surface area contributed by atoms with Gasteiger partial charge < -0.3 is 15.5 Å². The largest absolute Gasteiger partial charge is 0.355 e. The van der Waals surface area contributed by atoms with Crippen molar-refractivity contribution < 1.29 is 18.4 Å². The predicted molar refractivity (Wildman–Crippen MR) is 111 cm³/mol. The van der Waals surface area contributed by atoms with Crippen molar-refractivity contribution in [1.29, 1.82) is 0 Å². The number of alkyl halides is 2. The number of carbonyl (C=O) groups is 2. The van der Waals surface area contributed by atoms with Gasteiger partial charge in [-0.05, 0) is 49.2 Å². The molecule has 2 amide bonds. The van der Waals surface area contributed by atoms with E-state index in [-0.39, 0.29) is 11.8 Å². The summed E-state index contributed by atoms with van der Waals surface area (Å²) in [6.07, 6.45) is 2.23. The Bertz CT molecular complexity index is 846. The fourth-order valence-electron chi connectivity index (χ4n) is 3.17. The average Bonchev–Trinajstić information content (AvgIpc) is 3.11. The number of rotatable bonds is 9. The molecule has 1 fully saturated rings. The van der Waals surface area contributed by atoms with E-state index >= 15 is 0 Å². The molecule has 1 aliphatic rings. The molecule has 29 heavy (non-hydrogen) atoms. The van der Waals surface area contributed by atoms with Gasteiger partial charge in [0.05, 0.1) is 11.3 Å². The first-order valence-electron chi connectivity index (χ1n) is 9.50. The van der Waals surface area contributed by atoms with E-state index in [1.54, 1.807) is 42.5 Å². The number of anilines is 2. The van der Waals surface area contributed by atoms with E-state index in [0.717, 1.165) is 13.0 Å². The molecule has 3 rings (SSSR count). The summed E-state index contributed by atoms with van der Waals surface area (Å²) in [7, 11) is 0. The minimum absolute atomic E-state index is 0.184. The second-order valence-corrected chi connectivity index (χ2v) is 7.73. The molecule has 2 aromatic rings. The molecular weight excluding hydrogens is 396 g/mol. The molecule has 2 aromatic carbocycles. The lowest BCUT2D eigenvalue weighted by Crippen LogP contribution is -2.30.